The first kappa shape index (κ1) is 13.0. The van der Waals surface area contributed by atoms with E-state index in [1.807, 2.05) is 13.0 Å². The van der Waals surface area contributed by atoms with Gasteiger partial charge in [0.25, 0.3) is 0 Å². The SMILES string of the molecule is Cc1cc(N(C)CC(C)C)ccc1C(N)=S. The molecule has 0 saturated heterocycles. The van der Waals surface area contributed by atoms with E-state index in [1.165, 1.54) is 5.69 Å². The Bertz CT molecular complexity index is 386. The molecule has 0 aliphatic rings. The fraction of sp³-hybridized carbons (Fsp3) is 0.462. The lowest BCUT2D eigenvalue weighted by Crippen LogP contribution is -2.22. The van der Waals surface area contributed by atoms with Crippen molar-refractivity contribution in [3.8, 4) is 0 Å². The van der Waals surface area contributed by atoms with E-state index in [2.05, 4.69) is 37.9 Å². The van der Waals surface area contributed by atoms with E-state index in [9.17, 15) is 0 Å². The maximum Gasteiger partial charge on any atom is 0.104 e. The molecule has 88 valence electrons. The average molecular weight is 236 g/mol. The quantitative estimate of drug-likeness (QED) is 0.815. The second-order valence-electron chi connectivity index (χ2n) is 4.64. The number of hydrogen-bond donors (Lipinski definition) is 1. The van der Waals surface area contributed by atoms with E-state index >= 15 is 0 Å². The zero-order valence-corrected chi connectivity index (χ0v) is 11.3. The van der Waals surface area contributed by atoms with E-state index in [0.717, 1.165) is 17.7 Å². The van der Waals surface area contributed by atoms with Crippen molar-refractivity contribution >= 4 is 22.9 Å². The molecule has 0 aliphatic carbocycles. The molecule has 1 rings (SSSR count). The van der Waals surface area contributed by atoms with E-state index in [-0.39, 0.29) is 0 Å². The Hall–Kier alpha value is -1.09. The van der Waals surface area contributed by atoms with Crippen LogP contribution in [0.1, 0.15) is 25.0 Å². The molecule has 0 spiro atoms. The van der Waals surface area contributed by atoms with Gasteiger partial charge in [0.2, 0.25) is 0 Å². The number of nitrogens with two attached hydrogens (primary N) is 1. The Kier molecular flexibility index (Phi) is 4.30. The van der Waals surface area contributed by atoms with Gasteiger partial charge in [0.1, 0.15) is 4.99 Å². The van der Waals surface area contributed by atoms with Crippen molar-refractivity contribution in [2.75, 3.05) is 18.5 Å². The van der Waals surface area contributed by atoms with Crippen molar-refractivity contribution < 1.29 is 0 Å². The van der Waals surface area contributed by atoms with Crippen LogP contribution in [0.2, 0.25) is 0 Å². The predicted octanol–water partition coefficient (Wildman–Crippen LogP) is 2.72. The minimum absolute atomic E-state index is 0.468. The Morgan fingerprint density at radius 3 is 2.50 bits per heavy atom. The molecule has 2 nitrogen and oxygen atoms in total. The Balaban J connectivity index is 2.92. The number of rotatable bonds is 4. The van der Waals surface area contributed by atoms with Gasteiger partial charge >= 0.3 is 0 Å². The van der Waals surface area contributed by atoms with Crippen LogP contribution >= 0.6 is 12.2 Å². The minimum atomic E-state index is 0.468. The molecule has 0 heterocycles. The van der Waals surface area contributed by atoms with Crippen molar-refractivity contribution in [1.82, 2.24) is 0 Å². The molecule has 1 aromatic rings. The van der Waals surface area contributed by atoms with Gasteiger partial charge in [0, 0.05) is 24.8 Å². The van der Waals surface area contributed by atoms with Gasteiger partial charge in [-0.1, -0.05) is 26.1 Å². The summed E-state index contributed by atoms with van der Waals surface area (Å²) in [5.41, 5.74) is 8.96. The molecule has 0 unspecified atom stereocenters. The van der Waals surface area contributed by atoms with Crippen molar-refractivity contribution in [1.29, 1.82) is 0 Å². The molecule has 16 heavy (non-hydrogen) atoms. The highest BCUT2D eigenvalue weighted by Gasteiger charge is 2.06. The monoisotopic (exact) mass is 236 g/mol. The average Bonchev–Trinajstić information content (AvgIpc) is 2.15. The highest BCUT2D eigenvalue weighted by molar-refractivity contribution is 7.80. The van der Waals surface area contributed by atoms with E-state index in [4.69, 9.17) is 18.0 Å². The number of hydrogen-bond acceptors (Lipinski definition) is 2. The summed E-state index contributed by atoms with van der Waals surface area (Å²) in [6.45, 7) is 7.52. The summed E-state index contributed by atoms with van der Waals surface area (Å²) in [4.78, 5) is 2.72. The third-order valence-electron chi connectivity index (χ3n) is 2.56. The molecule has 0 radical (unpaired) electrons. The largest absolute Gasteiger partial charge is 0.389 e. The summed E-state index contributed by atoms with van der Waals surface area (Å²) in [7, 11) is 2.11. The lowest BCUT2D eigenvalue weighted by atomic mass is 10.1. The molecule has 0 saturated carbocycles. The lowest BCUT2D eigenvalue weighted by Gasteiger charge is -2.22. The van der Waals surface area contributed by atoms with Gasteiger partial charge < -0.3 is 10.6 Å². The molecule has 0 bridgehead atoms. The fourth-order valence-corrected chi connectivity index (χ4v) is 2.04. The molecule has 3 heteroatoms. The summed E-state index contributed by atoms with van der Waals surface area (Å²) in [6.07, 6.45) is 0. The first-order valence-electron chi connectivity index (χ1n) is 5.53. The number of aryl methyl sites for hydroxylation is 1. The molecule has 1 aromatic carbocycles. The van der Waals surface area contributed by atoms with Crippen molar-refractivity contribution in [3.63, 3.8) is 0 Å². The molecule has 0 aromatic heterocycles. The van der Waals surface area contributed by atoms with Gasteiger partial charge in [-0.05, 0) is 36.6 Å². The van der Waals surface area contributed by atoms with Crippen molar-refractivity contribution in [2.45, 2.75) is 20.8 Å². The Morgan fingerprint density at radius 1 is 1.44 bits per heavy atom. The van der Waals surface area contributed by atoms with Gasteiger partial charge in [-0.2, -0.15) is 0 Å². The summed E-state index contributed by atoms with van der Waals surface area (Å²) in [5.74, 6) is 0.653. The first-order valence-corrected chi connectivity index (χ1v) is 5.94. The molecule has 2 N–H and O–H groups in total. The van der Waals surface area contributed by atoms with Crippen molar-refractivity contribution in [3.05, 3.63) is 29.3 Å². The van der Waals surface area contributed by atoms with Crippen LogP contribution < -0.4 is 10.6 Å². The van der Waals surface area contributed by atoms with E-state index in [0.29, 0.717) is 10.9 Å². The molecule has 0 atom stereocenters. The van der Waals surface area contributed by atoms with E-state index < -0.39 is 0 Å². The topological polar surface area (TPSA) is 29.3 Å². The van der Waals surface area contributed by atoms with Gasteiger partial charge in [-0.25, -0.2) is 0 Å². The number of benzene rings is 1. The lowest BCUT2D eigenvalue weighted by molar-refractivity contribution is 0.638. The Morgan fingerprint density at radius 2 is 2.06 bits per heavy atom. The highest BCUT2D eigenvalue weighted by Crippen LogP contribution is 2.19. The zero-order chi connectivity index (χ0) is 12.3. The molecular formula is C13H20N2S. The van der Waals surface area contributed by atoms with Crippen LogP contribution in [0.4, 0.5) is 5.69 Å². The number of anilines is 1. The van der Waals surface area contributed by atoms with Crippen LogP contribution in [-0.2, 0) is 0 Å². The van der Waals surface area contributed by atoms with Crippen LogP contribution in [0.3, 0.4) is 0 Å². The van der Waals surface area contributed by atoms with Gasteiger partial charge in [0.05, 0.1) is 0 Å². The second kappa shape index (κ2) is 5.30. The van der Waals surface area contributed by atoms with Gasteiger partial charge in [-0.3, -0.25) is 0 Å². The van der Waals surface area contributed by atoms with E-state index in [1.54, 1.807) is 0 Å². The normalized spacial score (nSPS) is 10.6. The van der Waals surface area contributed by atoms with Crippen LogP contribution in [-0.4, -0.2) is 18.6 Å². The summed E-state index contributed by atoms with van der Waals surface area (Å²) in [6, 6.07) is 6.21. The van der Waals surface area contributed by atoms with Crippen molar-refractivity contribution in [2.24, 2.45) is 11.7 Å². The predicted molar refractivity (Wildman–Crippen MR) is 75.2 cm³/mol. The van der Waals surface area contributed by atoms with Crippen LogP contribution in [0.5, 0.6) is 0 Å². The summed E-state index contributed by atoms with van der Waals surface area (Å²) >= 11 is 4.99. The van der Waals surface area contributed by atoms with Gasteiger partial charge in [0.15, 0.2) is 0 Å². The van der Waals surface area contributed by atoms with Gasteiger partial charge in [-0.15, -0.1) is 0 Å². The van der Waals surface area contributed by atoms with Crippen LogP contribution in [0.25, 0.3) is 0 Å². The number of nitrogens with zero attached hydrogens (tertiary/aromatic N) is 1. The molecular weight excluding hydrogens is 216 g/mol. The molecule has 0 amide bonds. The number of thiocarbonyl (C=S) groups is 1. The smallest absolute Gasteiger partial charge is 0.104 e. The standard InChI is InChI=1S/C13H20N2S/c1-9(2)8-15(4)11-5-6-12(13(14)16)10(3)7-11/h5-7,9H,8H2,1-4H3,(H2,14,16). The zero-order valence-electron chi connectivity index (χ0n) is 10.4. The maximum absolute atomic E-state index is 5.64. The summed E-state index contributed by atoms with van der Waals surface area (Å²) in [5, 5.41) is 0. The first-order chi connectivity index (χ1) is 7.41. The summed E-state index contributed by atoms with van der Waals surface area (Å²) < 4.78 is 0. The fourth-order valence-electron chi connectivity index (χ4n) is 1.81. The second-order valence-corrected chi connectivity index (χ2v) is 5.08. The van der Waals surface area contributed by atoms with Crippen LogP contribution in [0.15, 0.2) is 18.2 Å². The third kappa shape index (κ3) is 3.20. The minimum Gasteiger partial charge on any atom is -0.389 e. The third-order valence-corrected chi connectivity index (χ3v) is 2.78. The maximum atomic E-state index is 5.64. The Labute approximate surface area is 103 Å². The molecule has 0 aliphatic heterocycles. The van der Waals surface area contributed by atoms with Crippen LogP contribution in [0, 0.1) is 12.8 Å². The highest BCUT2D eigenvalue weighted by atomic mass is 32.1. The molecule has 0 fully saturated rings.